The molecule has 0 amide bonds. The summed E-state index contributed by atoms with van der Waals surface area (Å²) in [5.74, 6) is 1.70. The van der Waals surface area contributed by atoms with Crippen LogP contribution in [0, 0.1) is 0 Å². The topological polar surface area (TPSA) is 37.1 Å². The number of aliphatic imine (C=N–C) groups is 3. The van der Waals surface area contributed by atoms with Gasteiger partial charge in [-0.05, 0) is 66.7 Å². The van der Waals surface area contributed by atoms with E-state index in [1.165, 1.54) is 22.3 Å². The van der Waals surface area contributed by atoms with Gasteiger partial charge in [0.05, 0.1) is 28.8 Å². The van der Waals surface area contributed by atoms with Crippen molar-refractivity contribution >= 4 is 29.0 Å². The third kappa shape index (κ3) is 6.98. The summed E-state index contributed by atoms with van der Waals surface area (Å²) in [6, 6.07) is 13.0. The van der Waals surface area contributed by atoms with Crippen molar-refractivity contribution in [2.75, 3.05) is 0 Å². The van der Waals surface area contributed by atoms with E-state index in [1.54, 1.807) is 0 Å². The Balaban J connectivity index is 2.39. The predicted molar refractivity (Wildman–Crippen MR) is 153 cm³/mol. The Morgan fingerprint density at radius 1 is 0.588 bits per heavy atom. The fourth-order valence-electron chi connectivity index (χ4n) is 4.16. The van der Waals surface area contributed by atoms with E-state index in [9.17, 15) is 0 Å². The maximum Gasteiger partial charge on any atom is 0.0826 e. The molecule has 0 radical (unpaired) electrons. The second-order valence-electron chi connectivity index (χ2n) is 10.6. The summed E-state index contributed by atoms with van der Waals surface area (Å²) in [5.41, 5.74) is 9.28. The van der Waals surface area contributed by atoms with E-state index >= 15 is 0 Å². The van der Waals surface area contributed by atoms with Gasteiger partial charge in [-0.2, -0.15) is 0 Å². The molecule has 184 valence electrons. The number of rotatable bonds is 9. The number of hydrogen-bond acceptors (Lipinski definition) is 3. The number of para-hydroxylation sites is 2. The van der Waals surface area contributed by atoms with Crippen LogP contribution in [0.1, 0.15) is 122 Å². The van der Waals surface area contributed by atoms with E-state index in [0.29, 0.717) is 23.7 Å². The van der Waals surface area contributed by atoms with Gasteiger partial charge in [-0.15, -0.1) is 0 Å². The SMILES string of the molecule is CC(=Nc1c(C(C)C)cccc1C(C)C)C(C)=NC(C)C=Nc1c(C(C)C)cccc1C(C)C. The highest BCUT2D eigenvalue weighted by Crippen LogP contribution is 2.36. The molecule has 0 bridgehead atoms. The van der Waals surface area contributed by atoms with E-state index in [1.807, 2.05) is 6.21 Å². The molecule has 1 atom stereocenters. The highest BCUT2D eigenvalue weighted by Gasteiger charge is 2.15. The number of nitrogens with zero attached hydrogens (tertiary/aromatic N) is 3. The first kappa shape index (κ1) is 27.7. The van der Waals surface area contributed by atoms with Crippen molar-refractivity contribution in [2.45, 2.75) is 106 Å². The van der Waals surface area contributed by atoms with Crippen LogP contribution in [0.15, 0.2) is 51.4 Å². The van der Waals surface area contributed by atoms with Crippen LogP contribution < -0.4 is 0 Å². The van der Waals surface area contributed by atoms with Crippen LogP contribution in [-0.2, 0) is 0 Å². The van der Waals surface area contributed by atoms with Gasteiger partial charge in [-0.3, -0.25) is 15.0 Å². The lowest BCUT2D eigenvalue weighted by atomic mass is 9.93. The second-order valence-corrected chi connectivity index (χ2v) is 10.6. The minimum atomic E-state index is -0.0321. The first-order valence-corrected chi connectivity index (χ1v) is 12.8. The maximum absolute atomic E-state index is 5.09. The lowest BCUT2D eigenvalue weighted by Crippen LogP contribution is -2.12. The molecule has 0 aliphatic rings. The van der Waals surface area contributed by atoms with E-state index < -0.39 is 0 Å². The minimum Gasteiger partial charge on any atom is -0.279 e. The zero-order valence-corrected chi connectivity index (χ0v) is 23.3. The second kappa shape index (κ2) is 12.2. The standard InChI is InChI=1S/C31H45N3/c1-19(2)26-14-12-15-27(20(3)4)30(26)32-18-23(9)33-24(10)25(11)34-31-28(21(5)6)16-13-17-29(31)22(7)8/h12-23H,1-11H3. The van der Waals surface area contributed by atoms with Crippen LogP contribution in [0.2, 0.25) is 0 Å². The third-order valence-electron chi connectivity index (χ3n) is 6.30. The van der Waals surface area contributed by atoms with Crippen LogP contribution in [0.3, 0.4) is 0 Å². The van der Waals surface area contributed by atoms with E-state index in [-0.39, 0.29) is 6.04 Å². The molecule has 0 aliphatic heterocycles. The Bertz CT molecular complexity index is 1000. The summed E-state index contributed by atoms with van der Waals surface area (Å²) in [6.07, 6.45) is 1.98. The van der Waals surface area contributed by atoms with E-state index in [4.69, 9.17) is 15.0 Å². The Morgan fingerprint density at radius 2 is 0.971 bits per heavy atom. The molecular weight excluding hydrogens is 414 g/mol. The van der Waals surface area contributed by atoms with Gasteiger partial charge >= 0.3 is 0 Å². The lowest BCUT2D eigenvalue weighted by Gasteiger charge is -2.17. The normalized spacial score (nSPS) is 14.3. The summed E-state index contributed by atoms with van der Waals surface area (Å²) < 4.78 is 0. The maximum atomic E-state index is 5.09. The van der Waals surface area contributed by atoms with Crippen LogP contribution in [-0.4, -0.2) is 23.7 Å². The molecule has 0 fully saturated rings. The molecule has 0 aromatic heterocycles. The molecule has 34 heavy (non-hydrogen) atoms. The summed E-state index contributed by atoms with van der Waals surface area (Å²) in [7, 11) is 0. The number of hydrogen-bond donors (Lipinski definition) is 0. The summed E-state index contributed by atoms with van der Waals surface area (Å²) in [5, 5.41) is 0. The average molecular weight is 460 g/mol. The highest BCUT2D eigenvalue weighted by atomic mass is 14.9. The van der Waals surface area contributed by atoms with Gasteiger partial charge in [0, 0.05) is 6.21 Å². The summed E-state index contributed by atoms with van der Waals surface area (Å²) in [6.45, 7) is 24.0. The minimum absolute atomic E-state index is 0.0321. The van der Waals surface area contributed by atoms with Gasteiger partial charge < -0.3 is 0 Å². The first-order valence-electron chi connectivity index (χ1n) is 12.8. The molecule has 0 spiro atoms. The monoisotopic (exact) mass is 459 g/mol. The van der Waals surface area contributed by atoms with Gasteiger partial charge in [0.15, 0.2) is 0 Å². The van der Waals surface area contributed by atoms with Crippen LogP contribution >= 0.6 is 0 Å². The van der Waals surface area contributed by atoms with Crippen molar-refractivity contribution in [3.8, 4) is 0 Å². The van der Waals surface area contributed by atoms with E-state index in [0.717, 1.165) is 22.8 Å². The summed E-state index contributed by atoms with van der Waals surface area (Å²) in [4.78, 5) is 15.0. The van der Waals surface area contributed by atoms with Gasteiger partial charge in [-0.1, -0.05) is 91.8 Å². The van der Waals surface area contributed by atoms with Crippen molar-refractivity contribution in [2.24, 2.45) is 15.0 Å². The van der Waals surface area contributed by atoms with Crippen molar-refractivity contribution in [3.63, 3.8) is 0 Å². The zero-order valence-electron chi connectivity index (χ0n) is 23.3. The average Bonchev–Trinajstić information content (AvgIpc) is 2.76. The van der Waals surface area contributed by atoms with Crippen molar-refractivity contribution < 1.29 is 0 Å². The molecular formula is C31H45N3. The molecule has 1 unspecified atom stereocenters. The van der Waals surface area contributed by atoms with Crippen molar-refractivity contribution in [1.29, 1.82) is 0 Å². The fraction of sp³-hybridized carbons (Fsp3) is 0.516. The Kier molecular flexibility index (Phi) is 9.97. The number of benzene rings is 2. The van der Waals surface area contributed by atoms with Gasteiger partial charge in [0.25, 0.3) is 0 Å². The Hall–Kier alpha value is -2.55. The largest absolute Gasteiger partial charge is 0.279 e. The lowest BCUT2D eigenvalue weighted by molar-refractivity contribution is 0.834. The first-order chi connectivity index (χ1) is 15.9. The van der Waals surface area contributed by atoms with Gasteiger partial charge in [-0.25, -0.2) is 0 Å². The van der Waals surface area contributed by atoms with Crippen LogP contribution in [0.4, 0.5) is 11.4 Å². The molecule has 0 saturated carbocycles. The molecule has 2 aromatic carbocycles. The predicted octanol–water partition coefficient (Wildman–Crippen LogP) is 9.52. The molecule has 3 nitrogen and oxygen atoms in total. The molecule has 2 rings (SSSR count). The van der Waals surface area contributed by atoms with Crippen molar-refractivity contribution in [1.82, 2.24) is 0 Å². The highest BCUT2D eigenvalue weighted by molar-refractivity contribution is 6.41. The third-order valence-corrected chi connectivity index (χ3v) is 6.30. The molecule has 0 aliphatic carbocycles. The zero-order chi connectivity index (χ0) is 25.6. The van der Waals surface area contributed by atoms with Gasteiger partial charge in [0.2, 0.25) is 0 Å². The molecule has 0 heterocycles. The summed E-state index contributed by atoms with van der Waals surface area (Å²) >= 11 is 0. The molecule has 0 saturated heterocycles. The molecule has 2 aromatic rings. The molecule has 0 N–H and O–H groups in total. The fourth-order valence-corrected chi connectivity index (χ4v) is 4.16. The Morgan fingerprint density at radius 3 is 1.35 bits per heavy atom. The molecule has 3 heteroatoms. The van der Waals surface area contributed by atoms with Gasteiger partial charge in [0.1, 0.15) is 0 Å². The smallest absolute Gasteiger partial charge is 0.0826 e. The van der Waals surface area contributed by atoms with Crippen LogP contribution in [0.25, 0.3) is 0 Å². The van der Waals surface area contributed by atoms with Crippen LogP contribution in [0.5, 0.6) is 0 Å². The quantitative estimate of drug-likeness (QED) is 0.335. The van der Waals surface area contributed by atoms with E-state index in [2.05, 4.69) is 113 Å². The Labute approximate surface area is 208 Å². The van der Waals surface area contributed by atoms with Crippen molar-refractivity contribution in [3.05, 3.63) is 58.7 Å².